The van der Waals surface area contributed by atoms with Gasteiger partial charge in [-0.2, -0.15) is 0 Å². The highest BCUT2D eigenvalue weighted by molar-refractivity contribution is 7.15. The summed E-state index contributed by atoms with van der Waals surface area (Å²) in [6.07, 6.45) is 2.96. The Morgan fingerprint density at radius 2 is 1.91 bits per heavy atom. The van der Waals surface area contributed by atoms with Gasteiger partial charge >= 0.3 is 0 Å². The Labute approximate surface area is 149 Å². The molecular weight excluding hydrogens is 334 g/mol. The zero-order chi connectivity index (χ0) is 15.9. The van der Waals surface area contributed by atoms with E-state index in [1.165, 1.54) is 4.88 Å². The molecular formula is C15H28ClN5OS. The van der Waals surface area contributed by atoms with Gasteiger partial charge in [0.15, 0.2) is 5.13 Å². The van der Waals surface area contributed by atoms with Gasteiger partial charge in [0.05, 0.1) is 6.54 Å². The molecule has 1 aliphatic heterocycles. The summed E-state index contributed by atoms with van der Waals surface area (Å²) < 4.78 is 0. The summed E-state index contributed by atoms with van der Waals surface area (Å²) in [6, 6.07) is 0. The average molecular weight is 362 g/mol. The molecule has 1 aromatic heterocycles. The molecule has 1 fully saturated rings. The van der Waals surface area contributed by atoms with Crippen molar-refractivity contribution in [2.45, 2.75) is 26.8 Å². The highest BCUT2D eigenvalue weighted by atomic mass is 35.5. The molecule has 0 aromatic carbocycles. The predicted molar refractivity (Wildman–Crippen MR) is 98.0 cm³/mol. The Morgan fingerprint density at radius 1 is 1.26 bits per heavy atom. The van der Waals surface area contributed by atoms with Crippen molar-refractivity contribution < 1.29 is 4.79 Å². The van der Waals surface area contributed by atoms with Crippen LogP contribution >= 0.6 is 23.7 Å². The standard InChI is InChI=1S/C15H27N5OS.ClH/c1-3-20(4-2)14(21)12-19-7-5-6-18(8-9-19)11-13-10-17-15(16)22-13;/h10H,3-9,11-12H2,1-2H3,(H2,16,17);1H. The van der Waals surface area contributed by atoms with Crippen molar-refractivity contribution in [3.8, 4) is 0 Å². The fourth-order valence-electron chi connectivity index (χ4n) is 2.82. The number of hydrogen-bond acceptors (Lipinski definition) is 6. The van der Waals surface area contributed by atoms with Gasteiger partial charge in [-0.05, 0) is 33.4 Å². The molecule has 2 heterocycles. The molecule has 23 heavy (non-hydrogen) atoms. The van der Waals surface area contributed by atoms with Gasteiger partial charge in [0.1, 0.15) is 0 Å². The topological polar surface area (TPSA) is 65.7 Å². The summed E-state index contributed by atoms with van der Waals surface area (Å²) in [7, 11) is 0. The van der Waals surface area contributed by atoms with Crippen molar-refractivity contribution in [2.24, 2.45) is 0 Å². The first-order chi connectivity index (χ1) is 10.6. The number of nitrogen functional groups attached to an aromatic ring is 1. The Morgan fingerprint density at radius 3 is 2.52 bits per heavy atom. The van der Waals surface area contributed by atoms with E-state index in [0.29, 0.717) is 11.7 Å². The number of halogens is 1. The van der Waals surface area contributed by atoms with Gasteiger partial charge in [-0.15, -0.1) is 23.7 Å². The number of thiazole rings is 1. The van der Waals surface area contributed by atoms with Crippen LogP contribution in [-0.4, -0.2) is 71.4 Å². The Hall–Kier alpha value is -0.890. The van der Waals surface area contributed by atoms with Gasteiger partial charge in [-0.3, -0.25) is 14.6 Å². The van der Waals surface area contributed by atoms with Crippen LogP contribution in [0.3, 0.4) is 0 Å². The first kappa shape index (κ1) is 20.2. The maximum atomic E-state index is 12.2. The Balaban J connectivity index is 0.00000264. The lowest BCUT2D eigenvalue weighted by molar-refractivity contribution is -0.132. The van der Waals surface area contributed by atoms with Crippen molar-refractivity contribution in [3.63, 3.8) is 0 Å². The molecule has 8 heteroatoms. The summed E-state index contributed by atoms with van der Waals surface area (Å²) in [4.78, 5) is 24.1. The van der Waals surface area contributed by atoms with Crippen LogP contribution in [0.5, 0.6) is 0 Å². The van der Waals surface area contributed by atoms with E-state index < -0.39 is 0 Å². The number of aromatic nitrogens is 1. The van der Waals surface area contributed by atoms with Crippen LogP contribution < -0.4 is 5.73 Å². The molecule has 2 N–H and O–H groups in total. The predicted octanol–water partition coefficient (Wildman–Crippen LogP) is 1.52. The minimum Gasteiger partial charge on any atom is -0.375 e. The first-order valence-corrected chi connectivity index (χ1v) is 8.86. The fourth-order valence-corrected chi connectivity index (χ4v) is 3.55. The number of anilines is 1. The van der Waals surface area contributed by atoms with E-state index in [0.717, 1.165) is 52.2 Å². The minimum atomic E-state index is 0. The second-order valence-electron chi connectivity index (χ2n) is 5.64. The van der Waals surface area contributed by atoms with Crippen molar-refractivity contribution in [3.05, 3.63) is 11.1 Å². The van der Waals surface area contributed by atoms with Gasteiger partial charge in [-0.25, -0.2) is 4.98 Å². The maximum absolute atomic E-state index is 12.2. The first-order valence-electron chi connectivity index (χ1n) is 8.05. The zero-order valence-electron chi connectivity index (χ0n) is 14.0. The van der Waals surface area contributed by atoms with Crippen LogP contribution in [0.2, 0.25) is 0 Å². The van der Waals surface area contributed by atoms with E-state index in [4.69, 9.17) is 5.73 Å². The summed E-state index contributed by atoms with van der Waals surface area (Å²) >= 11 is 1.56. The van der Waals surface area contributed by atoms with Gasteiger partial charge in [-0.1, -0.05) is 0 Å². The third-order valence-corrected chi connectivity index (χ3v) is 4.92. The summed E-state index contributed by atoms with van der Waals surface area (Å²) in [5.41, 5.74) is 5.68. The second-order valence-corrected chi connectivity index (χ2v) is 6.78. The molecule has 1 saturated heterocycles. The quantitative estimate of drug-likeness (QED) is 0.832. The van der Waals surface area contributed by atoms with Gasteiger partial charge < -0.3 is 10.6 Å². The highest BCUT2D eigenvalue weighted by Crippen LogP contribution is 2.17. The number of amides is 1. The Bertz CT molecular complexity index is 480. The SMILES string of the molecule is CCN(CC)C(=O)CN1CCCN(Cc2cnc(N)s2)CC1.Cl. The van der Waals surface area contributed by atoms with Gasteiger partial charge in [0, 0.05) is 43.8 Å². The molecule has 1 aliphatic rings. The lowest BCUT2D eigenvalue weighted by Crippen LogP contribution is -2.41. The molecule has 0 spiro atoms. The highest BCUT2D eigenvalue weighted by Gasteiger charge is 2.19. The van der Waals surface area contributed by atoms with Crippen LogP contribution in [0, 0.1) is 0 Å². The summed E-state index contributed by atoms with van der Waals surface area (Å²) in [6.45, 7) is 11.1. The lowest BCUT2D eigenvalue weighted by Gasteiger charge is -2.25. The van der Waals surface area contributed by atoms with Crippen LogP contribution in [0.15, 0.2) is 6.20 Å². The van der Waals surface area contributed by atoms with Crippen molar-refractivity contribution in [1.82, 2.24) is 19.7 Å². The molecule has 1 aromatic rings. The average Bonchev–Trinajstić information content (AvgIpc) is 2.77. The molecule has 2 rings (SSSR count). The molecule has 1 amide bonds. The van der Waals surface area contributed by atoms with Crippen molar-refractivity contribution in [1.29, 1.82) is 0 Å². The minimum absolute atomic E-state index is 0. The number of nitrogens with two attached hydrogens (primary N) is 1. The Kier molecular flexibility index (Phi) is 8.83. The largest absolute Gasteiger partial charge is 0.375 e. The third kappa shape index (κ3) is 6.25. The summed E-state index contributed by atoms with van der Waals surface area (Å²) in [5, 5.41) is 0.635. The monoisotopic (exact) mass is 361 g/mol. The molecule has 6 nitrogen and oxygen atoms in total. The van der Waals surface area contributed by atoms with Crippen molar-refractivity contribution in [2.75, 3.05) is 51.5 Å². The second kappa shape index (κ2) is 10.1. The third-order valence-electron chi connectivity index (χ3n) is 4.11. The zero-order valence-corrected chi connectivity index (χ0v) is 15.7. The smallest absolute Gasteiger partial charge is 0.236 e. The molecule has 0 bridgehead atoms. The number of nitrogens with zero attached hydrogens (tertiary/aromatic N) is 4. The summed E-state index contributed by atoms with van der Waals surface area (Å²) in [5.74, 6) is 0.244. The number of carbonyl (C=O) groups is 1. The van der Waals surface area contributed by atoms with Gasteiger partial charge in [0.2, 0.25) is 5.91 Å². The van der Waals surface area contributed by atoms with E-state index in [1.807, 2.05) is 24.9 Å². The van der Waals surface area contributed by atoms with E-state index in [-0.39, 0.29) is 18.3 Å². The number of likely N-dealkylation sites (N-methyl/N-ethyl adjacent to an activating group) is 1. The normalized spacial score (nSPS) is 16.6. The molecule has 0 unspecified atom stereocenters. The molecule has 0 aliphatic carbocycles. The van der Waals surface area contributed by atoms with Crippen LogP contribution in [0.25, 0.3) is 0 Å². The number of rotatable bonds is 6. The number of carbonyl (C=O) groups excluding carboxylic acids is 1. The van der Waals surface area contributed by atoms with Crippen LogP contribution in [-0.2, 0) is 11.3 Å². The van der Waals surface area contributed by atoms with Crippen LogP contribution in [0.1, 0.15) is 25.1 Å². The van der Waals surface area contributed by atoms with Gasteiger partial charge in [0.25, 0.3) is 0 Å². The lowest BCUT2D eigenvalue weighted by atomic mass is 10.3. The number of hydrogen-bond donors (Lipinski definition) is 1. The van der Waals surface area contributed by atoms with E-state index in [9.17, 15) is 4.79 Å². The van der Waals surface area contributed by atoms with E-state index in [1.54, 1.807) is 11.3 Å². The molecule has 0 radical (unpaired) electrons. The molecule has 132 valence electrons. The van der Waals surface area contributed by atoms with Crippen LogP contribution in [0.4, 0.5) is 5.13 Å². The van der Waals surface area contributed by atoms with Crippen molar-refractivity contribution >= 4 is 34.8 Å². The maximum Gasteiger partial charge on any atom is 0.236 e. The molecule has 0 saturated carbocycles. The fraction of sp³-hybridized carbons (Fsp3) is 0.733. The van der Waals surface area contributed by atoms with E-state index >= 15 is 0 Å². The van der Waals surface area contributed by atoms with E-state index in [2.05, 4.69) is 14.8 Å². The molecule has 0 atom stereocenters.